The maximum atomic E-state index is 12.1. The minimum absolute atomic E-state index is 0.115. The quantitative estimate of drug-likeness (QED) is 0.548. The summed E-state index contributed by atoms with van der Waals surface area (Å²) in [6.07, 6.45) is 3.77. The number of rotatable bonds is 11. The normalized spacial score (nSPS) is 15.7. The molecule has 4 nitrogen and oxygen atoms in total. The van der Waals surface area contributed by atoms with Crippen LogP contribution >= 0.6 is 0 Å². The van der Waals surface area contributed by atoms with Crippen LogP contribution in [0, 0.1) is 0 Å². The van der Waals surface area contributed by atoms with Crippen LogP contribution in [0.15, 0.2) is 0 Å². The molecule has 0 aromatic heterocycles. The van der Waals surface area contributed by atoms with Gasteiger partial charge in [-0.1, -0.05) is 26.7 Å². The molecule has 0 aliphatic rings. The molecular weight excluding hydrogens is 284 g/mol. The number of hydrogen-bond donors (Lipinski definition) is 0. The molecular formula is C13H26O4S2. The van der Waals surface area contributed by atoms with E-state index in [1.807, 2.05) is 13.8 Å². The van der Waals surface area contributed by atoms with Crippen molar-refractivity contribution in [2.75, 3.05) is 23.9 Å². The Balaban J connectivity index is 4.34. The van der Waals surface area contributed by atoms with Crippen LogP contribution in [-0.4, -0.2) is 43.5 Å². The monoisotopic (exact) mass is 310 g/mol. The molecule has 0 aromatic rings. The molecule has 0 saturated carbocycles. The van der Waals surface area contributed by atoms with Crippen molar-refractivity contribution in [3.8, 4) is 0 Å². The average molecular weight is 310 g/mol. The average Bonchev–Trinajstić information content (AvgIpc) is 2.38. The van der Waals surface area contributed by atoms with E-state index in [0.29, 0.717) is 17.3 Å². The van der Waals surface area contributed by atoms with Crippen LogP contribution < -0.4 is 0 Å². The van der Waals surface area contributed by atoms with E-state index in [1.54, 1.807) is 0 Å². The van der Waals surface area contributed by atoms with Gasteiger partial charge in [-0.3, -0.25) is 13.2 Å². The summed E-state index contributed by atoms with van der Waals surface area (Å²) in [4.78, 5) is 10.8. The lowest BCUT2D eigenvalue weighted by atomic mass is 10.4. The maximum absolute atomic E-state index is 12.1. The molecule has 3 atom stereocenters. The molecule has 0 aliphatic heterocycles. The minimum atomic E-state index is -1.07. The Morgan fingerprint density at radius 2 is 1.68 bits per heavy atom. The molecule has 0 fully saturated rings. The molecule has 0 aliphatic carbocycles. The molecule has 0 spiro atoms. The van der Waals surface area contributed by atoms with Gasteiger partial charge in [0, 0.05) is 45.8 Å². The van der Waals surface area contributed by atoms with Gasteiger partial charge in [0.2, 0.25) is 0 Å². The SMILES string of the molecule is CCCC[S@@](=O)C[C@@H](COC(C)=O)[S@@](=O)CCCC. The summed E-state index contributed by atoms with van der Waals surface area (Å²) < 4.78 is 28.9. The lowest BCUT2D eigenvalue weighted by Crippen LogP contribution is -2.31. The Morgan fingerprint density at radius 1 is 1.11 bits per heavy atom. The summed E-state index contributed by atoms with van der Waals surface area (Å²) in [5, 5.41) is -0.298. The van der Waals surface area contributed by atoms with Crippen molar-refractivity contribution in [3.63, 3.8) is 0 Å². The van der Waals surface area contributed by atoms with Crippen LogP contribution in [0.4, 0.5) is 0 Å². The summed E-state index contributed by atoms with van der Waals surface area (Å²) in [6.45, 7) is 5.54. The first-order valence-corrected chi connectivity index (χ1v) is 9.73. The molecule has 0 N–H and O–H groups in total. The van der Waals surface area contributed by atoms with Gasteiger partial charge < -0.3 is 4.74 Å². The standard InChI is InChI=1S/C13H26O4S2/c1-4-6-8-18(15)11-13(10-17-12(3)14)19(16)9-7-5-2/h13H,4-11H2,1-3H3/t13-,18-,19+/m1/s1. The van der Waals surface area contributed by atoms with Gasteiger partial charge in [-0.05, 0) is 12.8 Å². The highest BCUT2D eigenvalue weighted by Crippen LogP contribution is 2.06. The summed E-state index contributed by atoms with van der Waals surface area (Å²) in [5.74, 6) is 1.21. The Kier molecular flexibility index (Phi) is 11.4. The first-order valence-electron chi connectivity index (χ1n) is 6.86. The van der Waals surface area contributed by atoms with Crippen LogP contribution in [0.3, 0.4) is 0 Å². The summed E-state index contributed by atoms with van der Waals surface area (Å²) in [7, 11) is -2.05. The zero-order valence-corrected chi connectivity index (χ0v) is 13.8. The van der Waals surface area contributed by atoms with Gasteiger partial charge in [0.25, 0.3) is 0 Å². The zero-order valence-electron chi connectivity index (χ0n) is 12.2. The largest absolute Gasteiger partial charge is 0.465 e. The third-order valence-corrected chi connectivity index (χ3v) is 6.11. The number of carbonyl (C=O) groups excluding carboxylic acids is 1. The molecule has 0 unspecified atom stereocenters. The lowest BCUT2D eigenvalue weighted by Gasteiger charge is -2.16. The molecule has 19 heavy (non-hydrogen) atoms. The summed E-state index contributed by atoms with van der Waals surface area (Å²) in [6, 6.07) is 0. The zero-order chi connectivity index (χ0) is 14.7. The Bertz CT molecular complexity index is 305. The van der Waals surface area contributed by atoms with Crippen LogP contribution in [0.5, 0.6) is 0 Å². The van der Waals surface area contributed by atoms with Crippen molar-refractivity contribution in [1.82, 2.24) is 0 Å². The first-order chi connectivity index (χ1) is 9.01. The Morgan fingerprint density at radius 3 is 2.21 bits per heavy atom. The van der Waals surface area contributed by atoms with Crippen molar-refractivity contribution >= 4 is 27.6 Å². The molecule has 0 rings (SSSR count). The van der Waals surface area contributed by atoms with Crippen LogP contribution in [0.2, 0.25) is 0 Å². The van der Waals surface area contributed by atoms with E-state index in [1.165, 1.54) is 6.92 Å². The number of hydrogen-bond acceptors (Lipinski definition) is 4. The van der Waals surface area contributed by atoms with Crippen LogP contribution in [0.1, 0.15) is 46.5 Å². The fourth-order valence-corrected chi connectivity index (χ4v) is 4.94. The third-order valence-electron chi connectivity index (χ3n) is 2.64. The lowest BCUT2D eigenvalue weighted by molar-refractivity contribution is -0.140. The molecule has 0 saturated heterocycles. The molecule has 0 radical (unpaired) electrons. The second-order valence-electron chi connectivity index (χ2n) is 4.53. The molecule has 0 amide bonds. The van der Waals surface area contributed by atoms with E-state index < -0.39 is 21.6 Å². The third kappa shape index (κ3) is 10.2. The fraction of sp³-hybridized carbons (Fsp3) is 0.923. The summed E-state index contributed by atoms with van der Waals surface area (Å²) >= 11 is 0. The fourth-order valence-electron chi connectivity index (χ4n) is 1.46. The smallest absolute Gasteiger partial charge is 0.302 e. The van der Waals surface area contributed by atoms with E-state index in [2.05, 4.69) is 0 Å². The van der Waals surface area contributed by atoms with Gasteiger partial charge in [0.15, 0.2) is 0 Å². The Hall–Kier alpha value is -0.230. The van der Waals surface area contributed by atoms with Crippen molar-refractivity contribution < 1.29 is 17.9 Å². The highest BCUT2D eigenvalue weighted by molar-refractivity contribution is 7.89. The number of ether oxygens (including phenoxy) is 1. The Labute approximate surface area is 121 Å². The molecule has 0 bridgehead atoms. The van der Waals surface area contributed by atoms with Crippen molar-refractivity contribution in [1.29, 1.82) is 0 Å². The van der Waals surface area contributed by atoms with E-state index in [4.69, 9.17) is 4.74 Å². The number of esters is 1. The van der Waals surface area contributed by atoms with E-state index in [-0.39, 0.29) is 17.8 Å². The van der Waals surface area contributed by atoms with Crippen LogP contribution in [-0.2, 0) is 31.1 Å². The van der Waals surface area contributed by atoms with E-state index >= 15 is 0 Å². The highest BCUT2D eigenvalue weighted by atomic mass is 32.2. The minimum Gasteiger partial charge on any atom is -0.465 e. The van der Waals surface area contributed by atoms with Gasteiger partial charge >= 0.3 is 5.97 Å². The second-order valence-corrected chi connectivity index (χ2v) is 7.98. The summed E-state index contributed by atoms with van der Waals surface area (Å²) in [5.41, 5.74) is 0. The molecule has 0 aromatic carbocycles. The van der Waals surface area contributed by atoms with Gasteiger partial charge in [-0.2, -0.15) is 0 Å². The predicted molar refractivity (Wildman–Crippen MR) is 81.1 cm³/mol. The predicted octanol–water partition coefficient (Wildman–Crippen LogP) is 2.02. The number of unbranched alkanes of at least 4 members (excludes halogenated alkanes) is 2. The van der Waals surface area contributed by atoms with E-state index in [0.717, 1.165) is 25.7 Å². The van der Waals surface area contributed by atoms with Gasteiger partial charge in [-0.15, -0.1) is 0 Å². The van der Waals surface area contributed by atoms with E-state index in [9.17, 15) is 13.2 Å². The highest BCUT2D eigenvalue weighted by Gasteiger charge is 2.20. The van der Waals surface area contributed by atoms with Crippen LogP contribution in [0.25, 0.3) is 0 Å². The van der Waals surface area contributed by atoms with Crippen molar-refractivity contribution in [3.05, 3.63) is 0 Å². The number of carbonyl (C=O) groups is 1. The topological polar surface area (TPSA) is 60.4 Å². The second kappa shape index (κ2) is 11.6. The molecule has 114 valence electrons. The molecule has 0 heterocycles. The van der Waals surface area contributed by atoms with Gasteiger partial charge in [0.05, 0.1) is 5.25 Å². The van der Waals surface area contributed by atoms with Gasteiger partial charge in [0.1, 0.15) is 6.61 Å². The molecule has 6 heteroatoms. The van der Waals surface area contributed by atoms with Gasteiger partial charge in [-0.25, -0.2) is 0 Å². The van der Waals surface area contributed by atoms with Crippen molar-refractivity contribution in [2.45, 2.75) is 51.7 Å². The first kappa shape index (κ1) is 18.8. The van der Waals surface area contributed by atoms with Crippen molar-refractivity contribution in [2.24, 2.45) is 0 Å². The maximum Gasteiger partial charge on any atom is 0.302 e.